The number of hydrogen-bond donors (Lipinski definition) is 2. The highest BCUT2D eigenvalue weighted by Gasteiger charge is 2.44. The summed E-state index contributed by atoms with van der Waals surface area (Å²) in [6.07, 6.45) is 3.19. The van der Waals surface area contributed by atoms with Gasteiger partial charge in [0.15, 0.2) is 11.6 Å². The number of nitrogens with one attached hydrogen (secondary N) is 1. The van der Waals surface area contributed by atoms with Crippen LogP contribution in [0, 0.1) is 23.4 Å². The van der Waals surface area contributed by atoms with E-state index in [4.69, 9.17) is 10.5 Å². The van der Waals surface area contributed by atoms with Crippen LogP contribution in [0.4, 0.5) is 13.2 Å². The molecule has 33 heavy (non-hydrogen) atoms. The molecule has 2 bridgehead atoms. The van der Waals surface area contributed by atoms with Crippen molar-refractivity contribution in [2.24, 2.45) is 11.7 Å². The molecule has 0 spiro atoms. The topological polar surface area (TPSA) is 87.9 Å². The molecule has 0 unspecified atom stereocenters. The number of carbonyl (C=O) groups is 2. The van der Waals surface area contributed by atoms with Crippen molar-refractivity contribution in [2.45, 2.75) is 50.2 Å². The van der Waals surface area contributed by atoms with E-state index >= 15 is 0 Å². The molecule has 1 aromatic carbocycles. The van der Waals surface area contributed by atoms with E-state index in [1.165, 1.54) is 0 Å². The fourth-order valence-corrected chi connectivity index (χ4v) is 5.40. The number of piperidine rings is 1. The molecular formula is C23H31F3N4O3. The van der Waals surface area contributed by atoms with E-state index in [0.717, 1.165) is 18.9 Å². The lowest BCUT2D eigenvalue weighted by molar-refractivity contribution is -0.137. The molecule has 3 heterocycles. The van der Waals surface area contributed by atoms with Crippen molar-refractivity contribution in [1.82, 2.24) is 15.1 Å². The smallest absolute Gasteiger partial charge is 0.242 e. The fraction of sp³-hybridized carbons (Fsp3) is 0.652. The zero-order valence-electron chi connectivity index (χ0n) is 18.6. The van der Waals surface area contributed by atoms with Crippen molar-refractivity contribution >= 4 is 11.8 Å². The SMILES string of the molecule is N[C@H](Cc1cc(F)c(F)cc1F)[C@@H]1C[C@H]2CC[C@@H](C1)N2C(=O)CNC(=O)CN1CCOCC1. The molecule has 2 amide bonds. The number of carbonyl (C=O) groups excluding carboxylic acids is 2. The predicted molar refractivity (Wildman–Crippen MR) is 115 cm³/mol. The minimum absolute atomic E-state index is 0.0262. The summed E-state index contributed by atoms with van der Waals surface area (Å²) in [6, 6.07) is 1.06. The number of rotatable bonds is 7. The van der Waals surface area contributed by atoms with Gasteiger partial charge in [0, 0.05) is 37.3 Å². The molecule has 0 aliphatic carbocycles. The number of fused-ring (bicyclic) bond motifs is 2. The first-order valence-corrected chi connectivity index (χ1v) is 11.6. The average Bonchev–Trinajstić information content (AvgIpc) is 3.05. The highest BCUT2D eigenvalue weighted by atomic mass is 19.2. The van der Waals surface area contributed by atoms with Crippen LogP contribution in [0.15, 0.2) is 12.1 Å². The maximum atomic E-state index is 14.0. The normalized spacial score (nSPS) is 26.3. The summed E-state index contributed by atoms with van der Waals surface area (Å²) < 4.78 is 46.0. The van der Waals surface area contributed by atoms with Crippen LogP contribution in [0.3, 0.4) is 0 Å². The zero-order chi connectivity index (χ0) is 23.5. The molecule has 10 heteroatoms. The summed E-state index contributed by atoms with van der Waals surface area (Å²) in [7, 11) is 0. The Balaban J connectivity index is 1.28. The van der Waals surface area contributed by atoms with Crippen LogP contribution in [-0.2, 0) is 20.7 Å². The molecule has 3 aliphatic heterocycles. The van der Waals surface area contributed by atoms with Crippen molar-refractivity contribution in [3.63, 3.8) is 0 Å². The number of benzene rings is 1. The molecule has 0 saturated carbocycles. The third-order valence-corrected chi connectivity index (χ3v) is 7.12. The van der Waals surface area contributed by atoms with E-state index in [1.54, 1.807) is 0 Å². The van der Waals surface area contributed by atoms with Gasteiger partial charge >= 0.3 is 0 Å². The van der Waals surface area contributed by atoms with Gasteiger partial charge in [-0.15, -0.1) is 0 Å². The van der Waals surface area contributed by atoms with Gasteiger partial charge < -0.3 is 20.7 Å². The fourth-order valence-electron chi connectivity index (χ4n) is 5.40. The van der Waals surface area contributed by atoms with Gasteiger partial charge in [-0.25, -0.2) is 13.2 Å². The Hall–Kier alpha value is -2.17. The summed E-state index contributed by atoms with van der Waals surface area (Å²) in [4.78, 5) is 28.9. The monoisotopic (exact) mass is 468 g/mol. The number of nitrogens with two attached hydrogens (primary N) is 1. The lowest BCUT2D eigenvalue weighted by Gasteiger charge is -2.41. The Morgan fingerprint density at radius 3 is 2.36 bits per heavy atom. The molecule has 4 rings (SSSR count). The maximum Gasteiger partial charge on any atom is 0.242 e. The lowest BCUT2D eigenvalue weighted by Crippen LogP contribution is -2.53. The average molecular weight is 469 g/mol. The maximum absolute atomic E-state index is 14.0. The van der Waals surface area contributed by atoms with Crippen LogP contribution in [0.1, 0.15) is 31.2 Å². The van der Waals surface area contributed by atoms with Gasteiger partial charge in [-0.3, -0.25) is 14.5 Å². The molecule has 3 N–H and O–H groups in total. The van der Waals surface area contributed by atoms with Crippen molar-refractivity contribution < 1.29 is 27.5 Å². The first-order chi connectivity index (χ1) is 15.8. The number of ether oxygens (including phenoxy) is 1. The van der Waals surface area contributed by atoms with Crippen molar-refractivity contribution in [2.75, 3.05) is 39.4 Å². The predicted octanol–water partition coefficient (Wildman–Crippen LogP) is 1.19. The van der Waals surface area contributed by atoms with E-state index < -0.39 is 23.5 Å². The number of morpholine rings is 1. The molecule has 182 valence electrons. The Kier molecular flexibility index (Phi) is 7.55. The second-order valence-corrected chi connectivity index (χ2v) is 9.31. The molecule has 0 aromatic heterocycles. The summed E-state index contributed by atoms with van der Waals surface area (Å²) in [5.74, 6) is -3.33. The Bertz CT molecular complexity index is 867. The molecule has 3 fully saturated rings. The largest absolute Gasteiger partial charge is 0.379 e. The Morgan fingerprint density at radius 2 is 1.70 bits per heavy atom. The van der Waals surface area contributed by atoms with Crippen molar-refractivity contribution in [1.29, 1.82) is 0 Å². The van der Waals surface area contributed by atoms with Gasteiger partial charge in [0.2, 0.25) is 11.8 Å². The van der Waals surface area contributed by atoms with Crippen LogP contribution in [0.25, 0.3) is 0 Å². The summed E-state index contributed by atoms with van der Waals surface area (Å²) in [5.41, 5.74) is 6.41. The van der Waals surface area contributed by atoms with Crippen LogP contribution < -0.4 is 11.1 Å². The lowest BCUT2D eigenvalue weighted by atomic mass is 9.82. The van der Waals surface area contributed by atoms with E-state index in [1.807, 2.05) is 9.80 Å². The van der Waals surface area contributed by atoms with Crippen LogP contribution >= 0.6 is 0 Å². The quantitative estimate of drug-likeness (QED) is 0.587. The number of nitrogens with zero attached hydrogens (tertiary/aromatic N) is 2. The standard InChI is InChI=1S/C23H31F3N4O3/c24-18-11-20(26)19(25)9-14(18)10-21(27)15-7-16-1-2-17(8-15)30(16)23(32)12-28-22(31)13-29-3-5-33-6-4-29/h9,11,15-17,21H,1-8,10,12-13,27H2,(H,28,31)/t15-,16-,17+,21-/m1/s1. The van der Waals surface area contributed by atoms with Crippen molar-refractivity contribution in [3.05, 3.63) is 35.1 Å². The number of halogens is 3. The Morgan fingerprint density at radius 1 is 1.06 bits per heavy atom. The van der Waals surface area contributed by atoms with Gasteiger partial charge in [0.25, 0.3) is 0 Å². The minimum Gasteiger partial charge on any atom is -0.379 e. The number of hydrogen-bond acceptors (Lipinski definition) is 5. The highest BCUT2D eigenvalue weighted by molar-refractivity contribution is 5.86. The molecule has 7 nitrogen and oxygen atoms in total. The Labute approximate surface area is 191 Å². The molecule has 4 atom stereocenters. The number of amides is 2. The second kappa shape index (κ2) is 10.4. The molecule has 1 aromatic rings. The van der Waals surface area contributed by atoms with Crippen LogP contribution in [0.5, 0.6) is 0 Å². The molecule has 3 aliphatic rings. The first-order valence-electron chi connectivity index (χ1n) is 11.6. The van der Waals surface area contributed by atoms with Gasteiger partial charge in [-0.2, -0.15) is 0 Å². The third-order valence-electron chi connectivity index (χ3n) is 7.12. The van der Waals surface area contributed by atoms with Gasteiger partial charge in [-0.1, -0.05) is 0 Å². The summed E-state index contributed by atoms with van der Waals surface area (Å²) in [5, 5.41) is 2.73. The van der Waals surface area contributed by atoms with Gasteiger partial charge in [0.05, 0.1) is 26.3 Å². The van der Waals surface area contributed by atoms with Gasteiger partial charge in [0.1, 0.15) is 5.82 Å². The summed E-state index contributed by atoms with van der Waals surface area (Å²) >= 11 is 0. The van der Waals surface area contributed by atoms with E-state index in [9.17, 15) is 22.8 Å². The zero-order valence-corrected chi connectivity index (χ0v) is 18.6. The second-order valence-electron chi connectivity index (χ2n) is 9.31. The minimum atomic E-state index is -1.22. The van der Waals surface area contributed by atoms with E-state index in [0.29, 0.717) is 45.2 Å². The summed E-state index contributed by atoms with van der Waals surface area (Å²) in [6.45, 7) is 2.83. The van der Waals surface area contributed by atoms with E-state index in [2.05, 4.69) is 5.32 Å². The molecule has 3 saturated heterocycles. The van der Waals surface area contributed by atoms with Crippen molar-refractivity contribution in [3.8, 4) is 0 Å². The molecular weight excluding hydrogens is 437 g/mol. The van der Waals surface area contributed by atoms with E-state index in [-0.39, 0.29) is 54.9 Å². The third kappa shape index (κ3) is 5.67. The van der Waals surface area contributed by atoms with Crippen LogP contribution in [-0.4, -0.2) is 79.1 Å². The highest BCUT2D eigenvalue weighted by Crippen LogP contribution is 2.40. The van der Waals surface area contributed by atoms with Crippen LogP contribution in [0.2, 0.25) is 0 Å². The first kappa shape index (κ1) is 24.0. The molecule has 0 radical (unpaired) electrons. The van der Waals surface area contributed by atoms with Gasteiger partial charge in [-0.05, 0) is 49.7 Å².